The topological polar surface area (TPSA) is 77.9 Å². The third-order valence-electron chi connectivity index (χ3n) is 4.42. The van der Waals surface area contributed by atoms with E-state index in [2.05, 4.69) is 0 Å². The van der Waals surface area contributed by atoms with E-state index in [-0.39, 0.29) is 12.0 Å². The van der Waals surface area contributed by atoms with E-state index in [0.29, 0.717) is 13.0 Å². The minimum absolute atomic E-state index is 0.131. The molecule has 2 fully saturated rings. The SMILES string of the molecule is CCN(C)S(=O)(=O)N1C(C(=O)O)CC2CCCCC21. The molecule has 7 heteroatoms. The molecule has 0 radical (unpaired) electrons. The average Bonchev–Trinajstić information content (AvgIpc) is 2.77. The van der Waals surface area contributed by atoms with Crippen LogP contribution in [0.15, 0.2) is 0 Å². The number of carboxylic acids is 1. The normalized spacial score (nSPS) is 32.5. The van der Waals surface area contributed by atoms with Crippen LogP contribution in [0, 0.1) is 5.92 Å². The van der Waals surface area contributed by atoms with E-state index in [0.717, 1.165) is 25.7 Å². The van der Waals surface area contributed by atoms with Gasteiger partial charge in [-0.05, 0) is 25.2 Å². The second-order valence-electron chi connectivity index (χ2n) is 5.45. The van der Waals surface area contributed by atoms with Crippen molar-refractivity contribution >= 4 is 16.2 Å². The molecule has 19 heavy (non-hydrogen) atoms. The fraction of sp³-hybridized carbons (Fsp3) is 0.917. The van der Waals surface area contributed by atoms with Crippen LogP contribution in [0.2, 0.25) is 0 Å². The Balaban J connectivity index is 2.35. The molecule has 0 aromatic carbocycles. The molecule has 1 saturated heterocycles. The molecule has 1 aliphatic heterocycles. The van der Waals surface area contributed by atoms with Crippen molar-refractivity contribution in [2.24, 2.45) is 5.92 Å². The number of hydrogen-bond acceptors (Lipinski definition) is 3. The molecule has 0 aromatic rings. The summed E-state index contributed by atoms with van der Waals surface area (Å²) in [6, 6.07) is -1.03. The quantitative estimate of drug-likeness (QED) is 0.834. The van der Waals surface area contributed by atoms with E-state index in [1.807, 2.05) is 0 Å². The number of hydrogen-bond donors (Lipinski definition) is 1. The molecule has 110 valence electrons. The van der Waals surface area contributed by atoms with Crippen molar-refractivity contribution in [3.63, 3.8) is 0 Å². The minimum atomic E-state index is -3.67. The monoisotopic (exact) mass is 290 g/mol. The Hall–Kier alpha value is -0.660. The fourth-order valence-electron chi connectivity index (χ4n) is 3.29. The molecule has 1 saturated carbocycles. The highest BCUT2D eigenvalue weighted by Crippen LogP contribution is 2.41. The molecule has 0 aromatic heterocycles. The van der Waals surface area contributed by atoms with E-state index in [1.54, 1.807) is 6.92 Å². The zero-order chi connectivity index (χ0) is 14.2. The summed E-state index contributed by atoms with van der Waals surface area (Å²) in [6.07, 6.45) is 4.23. The molecule has 0 amide bonds. The summed E-state index contributed by atoms with van der Waals surface area (Å²) in [7, 11) is -2.16. The number of rotatable bonds is 4. The van der Waals surface area contributed by atoms with Crippen LogP contribution in [-0.2, 0) is 15.0 Å². The highest BCUT2D eigenvalue weighted by atomic mass is 32.2. The van der Waals surface area contributed by atoms with Gasteiger partial charge in [0.05, 0.1) is 0 Å². The summed E-state index contributed by atoms with van der Waals surface area (Å²) in [5, 5.41) is 9.32. The van der Waals surface area contributed by atoms with Crippen molar-refractivity contribution in [2.75, 3.05) is 13.6 Å². The Kier molecular flexibility index (Phi) is 4.17. The van der Waals surface area contributed by atoms with Gasteiger partial charge in [-0.2, -0.15) is 17.0 Å². The van der Waals surface area contributed by atoms with Crippen molar-refractivity contribution in [3.05, 3.63) is 0 Å². The summed E-state index contributed by atoms with van der Waals surface area (Å²) in [4.78, 5) is 11.4. The summed E-state index contributed by atoms with van der Waals surface area (Å²) in [6.45, 7) is 2.10. The van der Waals surface area contributed by atoms with Gasteiger partial charge in [-0.1, -0.05) is 19.8 Å². The van der Waals surface area contributed by atoms with Crippen molar-refractivity contribution in [1.82, 2.24) is 8.61 Å². The summed E-state index contributed by atoms with van der Waals surface area (Å²) >= 11 is 0. The first kappa shape index (κ1) is 14.7. The molecule has 3 unspecified atom stereocenters. The Bertz CT molecular complexity index is 451. The van der Waals surface area contributed by atoms with Crippen LogP contribution < -0.4 is 0 Å². The van der Waals surface area contributed by atoms with Gasteiger partial charge >= 0.3 is 5.97 Å². The van der Waals surface area contributed by atoms with Crippen LogP contribution >= 0.6 is 0 Å². The summed E-state index contributed by atoms with van der Waals surface area (Å²) < 4.78 is 27.5. The number of aliphatic carboxylic acids is 1. The van der Waals surface area contributed by atoms with E-state index in [4.69, 9.17) is 0 Å². The Morgan fingerprint density at radius 1 is 1.37 bits per heavy atom. The van der Waals surface area contributed by atoms with Crippen LogP contribution in [0.3, 0.4) is 0 Å². The molecule has 1 heterocycles. The zero-order valence-electron chi connectivity index (χ0n) is 11.4. The smallest absolute Gasteiger partial charge is 0.322 e. The fourth-order valence-corrected chi connectivity index (χ4v) is 5.05. The lowest BCUT2D eigenvalue weighted by molar-refractivity contribution is -0.141. The Morgan fingerprint density at radius 2 is 2.00 bits per heavy atom. The van der Waals surface area contributed by atoms with Crippen LogP contribution in [0.5, 0.6) is 0 Å². The largest absolute Gasteiger partial charge is 0.480 e. The van der Waals surface area contributed by atoms with E-state index >= 15 is 0 Å². The highest BCUT2D eigenvalue weighted by molar-refractivity contribution is 7.86. The van der Waals surface area contributed by atoms with Gasteiger partial charge in [0.2, 0.25) is 0 Å². The van der Waals surface area contributed by atoms with Crippen LogP contribution in [-0.4, -0.2) is 53.8 Å². The zero-order valence-corrected chi connectivity index (χ0v) is 12.3. The number of carboxylic acid groups (broad SMARTS) is 1. The van der Waals surface area contributed by atoms with Gasteiger partial charge < -0.3 is 5.11 Å². The van der Waals surface area contributed by atoms with E-state index < -0.39 is 22.2 Å². The third-order valence-corrected chi connectivity index (χ3v) is 6.52. The molecule has 3 atom stereocenters. The standard InChI is InChI=1S/C12H22N2O4S/c1-3-13(2)19(17,18)14-10-7-5-4-6-9(10)8-11(14)12(15)16/h9-11H,3-8H2,1-2H3,(H,15,16). The minimum Gasteiger partial charge on any atom is -0.480 e. The number of carbonyl (C=O) groups is 1. The van der Waals surface area contributed by atoms with Crippen molar-refractivity contribution in [1.29, 1.82) is 0 Å². The van der Waals surface area contributed by atoms with E-state index in [1.165, 1.54) is 15.7 Å². The molecule has 1 aliphatic carbocycles. The van der Waals surface area contributed by atoms with Crippen LogP contribution in [0.1, 0.15) is 39.0 Å². The Labute approximate surface area is 114 Å². The molecule has 0 spiro atoms. The molecule has 6 nitrogen and oxygen atoms in total. The number of fused-ring (bicyclic) bond motifs is 1. The second kappa shape index (κ2) is 5.38. The van der Waals surface area contributed by atoms with Gasteiger partial charge in [-0.25, -0.2) is 0 Å². The van der Waals surface area contributed by atoms with Gasteiger partial charge in [-0.3, -0.25) is 4.79 Å². The van der Waals surface area contributed by atoms with Gasteiger partial charge in [-0.15, -0.1) is 0 Å². The lowest BCUT2D eigenvalue weighted by Gasteiger charge is -2.34. The molecular formula is C12H22N2O4S. The summed E-state index contributed by atoms with van der Waals surface area (Å²) in [5.41, 5.74) is 0. The summed E-state index contributed by atoms with van der Waals surface area (Å²) in [5.74, 6) is -0.822. The maximum Gasteiger partial charge on any atom is 0.322 e. The van der Waals surface area contributed by atoms with Crippen molar-refractivity contribution in [2.45, 2.75) is 51.1 Å². The first-order chi connectivity index (χ1) is 8.89. The maximum absolute atomic E-state index is 12.5. The molecular weight excluding hydrogens is 268 g/mol. The van der Waals surface area contributed by atoms with Gasteiger partial charge in [0, 0.05) is 19.6 Å². The maximum atomic E-state index is 12.5. The predicted octanol–water partition coefficient (Wildman–Crippen LogP) is 0.901. The first-order valence-corrected chi connectivity index (χ1v) is 8.27. The second-order valence-corrected chi connectivity index (χ2v) is 7.39. The van der Waals surface area contributed by atoms with Crippen molar-refractivity contribution < 1.29 is 18.3 Å². The Morgan fingerprint density at radius 3 is 2.58 bits per heavy atom. The number of nitrogens with zero attached hydrogens (tertiary/aromatic N) is 2. The van der Waals surface area contributed by atoms with E-state index in [9.17, 15) is 18.3 Å². The van der Waals surface area contributed by atoms with Crippen molar-refractivity contribution in [3.8, 4) is 0 Å². The van der Waals surface area contributed by atoms with Crippen LogP contribution in [0.4, 0.5) is 0 Å². The van der Waals surface area contributed by atoms with Gasteiger partial charge in [0.1, 0.15) is 6.04 Å². The third kappa shape index (κ3) is 2.51. The first-order valence-electron chi connectivity index (χ1n) is 6.87. The molecule has 1 N–H and O–H groups in total. The lowest BCUT2D eigenvalue weighted by atomic mass is 9.85. The lowest BCUT2D eigenvalue weighted by Crippen LogP contribution is -2.51. The average molecular weight is 290 g/mol. The highest BCUT2D eigenvalue weighted by Gasteiger charge is 2.51. The van der Waals surface area contributed by atoms with Crippen LogP contribution in [0.25, 0.3) is 0 Å². The van der Waals surface area contributed by atoms with Gasteiger partial charge in [0.25, 0.3) is 10.2 Å². The molecule has 0 bridgehead atoms. The van der Waals surface area contributed by atoms with Gasteiger partial charge in [0.15, 0.2) is 0 Å². The molecule has 2 aliphatic rings. The molecule has 2 rings (SSSR count). The predicted molar refractivity (Wildman–Crippen MR) is 70.8 cm³/mol.